The van der Waals surface area contributed by atoms with Gasteiger partial charge < -0.3 is 4.42 Å². The molecule has 2 aromatic rings. The average Bonchev–Trinajstić information content (AvgIpc) is 2.84. The maximum Gasteiger partial charge on any atom is 0.215 e. The van der Waals surface area contributed by atoms with Crippen LogP contribution in [-0.4, -0.2) is 10.8 Å². The molecule has 0 unspecified atom stereocenters. The van der Waals surface area contributed by atoms with Crippen LogP contribution in [0.2, 0.25) is 0 Å². The molecule has 0 aliphatic rings. The molecule has 2 rings (SSSR count). The summed E-state index contributed by atoms with van der Waals surface area (Å²) in [6, 6.07) is 1.70. The summed E-state index contributed by atoms with van der Waals surface area (Å²) in [5, 5.41) is 2.68. The van der Waals surface area contributed by atoms with Crippen molar-refractivity contribution < 1.29 is 9.21 Å². The average molecular weight is 221 g/mol. The predicted molar refractivity (Wildman–Crippen MR) is 58.4 cm³/mol. The Balaban J connectivity index is 2.36. The van der Waals surface area contributed by atoms with Gasteiger partial charge in [0.15, 0.2) is 0 Å². The highest BCUT2D eigenvalue weighted by Gasteiger charge is 2.17. The SMILES string of the molecule is CCc1occc1C(=O)c1csc(C)n1. The van der Waals surface area contributed by atoms with E-state index in [1.165, 1.54) is 11.3 Å². The molecule has 0 bridgehead atoms. The first-order chi connectivity index (χ1) is 7.22. The van der Waals surface area contributed by atoms with Crippen LogP contribution in [0.1, 0.15) is 33.7 Å². The Labute approximate surface area is 91.8 Å². The summed E-state index contributed by atoms with van der Waals surface area (Å²) in [5.41, 5.74) is 1.14. The summed E-state index contributed by atoms with van der Waals surface area (Å²) >= 11 is 1.48. The number of carbonyl (C=O) groups excluding carboxylic acids is 1. The quantitative estimate of drug-likeness (QED) is 0.748. The molecule has 0 aliphatic heterocycles. The molecule has 15 heavy (non-hydrogen) atoms. The van der Waals surface area contributed by atoms with E-state index in [4.69, 9.17) is 4.42 Å². The number of aryl methyl sites for hydroxylation is 2. The normalized spacial score (nSPS) is 10.5. The van der Waals surface area contributed by atoms with Gasteiger partial charge in [-0.25, -0.2) is 4.98 Å². The zero-order valence-corrected chi connectivity index (χ0v) is 9.43. The van der Waals surface area contributed by atoms with Crippen molar-refractivity contribution in [1.82, 2.24) is 4.98 Å². The van der Waals surface area contributed by atoms with Gasteiger partial charge in [-0.15, -0.1) is 11.3 Å². The molecule has 0 atom stereocenters. The first-order valence-electron chi connectivity index (χ1n) is 4.75. The minimum atomic E-state index is -0.0510. The van der Waals surface area contributed by atoms with Gasteiger partial charge in [0.25, 0.3) is 0 Å². The van der Waals surface area contributed by atoms with Crippen LogP contribution in [0.15, 0.2) is 22.1 Å². The number of carbonyl (C=O) groups is 1. The zero-order chi connectivity index (χ0) is 10.8. The van der Waals surface area contributed by atoms with E-state index in [1.54, 1.807) is 17.7 Å². The van der Waals surface area contributed by atoms with E-state index >= 15 is 0 Å². The Bertz CT molecular complexity index is 484. The Hall–Kier alpha value is -1.42. The Morgan fingerprint density at radius 1 is 1.60 bits per heavy atom. The summed E-state index contributed by atoms with van der Waals surface area (Å²) in [7, 11) is 0. The highest BCUT2D eigenvalue weighted by Crippen LogP contribution is 2.17. The number of furan rings is 1. The van der Waals surface area contributed by atoms with Crippen molar-refractivity contribution in [3.8, 4) is 0 Å². The van der Waals surface area contributed by atoms with E-state index in [0.29, 0.717) is 11.3 Å². The smallest absolute Gasteiger partial charge is 0.215 e. The van der Waals surface area contributed by atoms with E-state index in [-0.39, 0.29) is 5.78 Å². The van der Waals surface area contributed by atoms with Crippen LogP contribution in [0, 0.1) is 6.92 Å². The molecule has 0 aromatic carbocycles. The summed E-state index contributed by atoms with van der Waals surface area (Å²) < 4.78 is 5.22. The lowest BCUT2D eigenvalue weighted by molar-refractivity contribution is 0.103. The Morgan fingerprint density at radius 3 is 3.00 bits per heavy atom. The maximum absolute atomic E-state index is 12.0. The zero-order valence-electron chi connectivity index (χ0n) is 8.61. The van der Waals surface area contributed by atoms with Crippen LogP contribution in [0.25, 0.3) is 0 Å². The van der Waals surface area contributed by atoms with Crippen molar-refractivity contribution in [2.45, 2.75) is 20.3 Å². The first-order valence-corrected chi connectivity index (χ1v) is 5.63. The topological polar surface area (TPSA) is 43.1 Å². The molecule has 2 aromatic heterocycles. The first kappa shape index (κ1) is 10.1. The number of aromatic nitrogens is 1. The minimum absolute atomic E-state index is 0.0510. The monoisotopic (exact) mass is 221 g/mol. The number of hydrogen-bond donors (Lipinski definition) is 0. The number of rotatable bonds is 3. The largest absolute Gasteiger partial charge is 0.469 e. The second-order valence-electron chi connectivity index (χ2n) is 3.19. The van der Waals surface area contributed by atoms with Gasteiger partial charge in [-0.05, 0) is 13.0 Å². The molecule has 3 nitrogen and oxygen atoms in total. The number of hydrogen-bond acceptors (Lipinski definition) is 4. The third kappa shape index (κ3) is 1.85. The maximum atomic E-state index is 12.0. The van der Waals surface area contributed by atoms with Crippen LogP contribution >= 0.6 is 11.3 Å². The van der Waals surface area contributed by atoms with Gasteiger partial charge in [-0.3, -0.25) is 4.79 Å². The predicted octanol–water partition coefficient (Wildman–Crippen LogP) is 2.84. The third-order valence-electron chi connectivity index (χ3n) is 2.16. The summed E-state index contributed by atoms with van der Waals surface area (Å²) in [6.45, 7) is 3.85. The molecule has 0 spiro atoms. The van der Waals surface area contributed by atoms with Crippen molar-refractivity contribution in [3.63, 3.8) is 0 Å². The van der Waals surface area contributed by atoms with Gasteiger partial charge >= 0.3 is 0 Å². The fourth-order valence-electron chi connectivity index (χ4n) is 1.42. The second-order valence-corrected chi connectivity index (χ2v) is 4.25. The fraction of sp³-hybridized carbons (Fsp3) is 0.273. The highest BCUT2D eigenvalue weighted by molar-refractivity contribution is 7.09. The standard InChI is InChI=1S/C11H11NO2S/c1-3-10-8(4-5-14-10)11(13)9-6-15-7(2)12-9/h4-6H,3H2,1-2H3. The summed E-state index contributed by atoms with van der Waals surface area (Å²) in [4.78, 5) is 16.2. The van der Waals surface area contributed by atoms with Gasteiger partial charge in [-0.2, -0.15) is 0 Å². The fourth-order valence-corrected chi connectivity index (χ4v) is 2.02. The third-order valence-corrected chi connectivity index (χ3v) is 2.94. The van der Waals surface area contributed by atoms with Gasteiger partial charge in [0.2, 0.25) is 5.78 Å². The van der Waals surface area contributed by atoms with Crippen molar-refractivity contribution in [2.75, 3.05) is 0 Å². The van der Waals surface area contributed by atoms with Gasteiger partial charge in [0.1, 0.15) is 11.5 Å². The Kier molecular flexibility index (Phi) is 2.68. The molecular formula is C11H11NO2S. The van der Waals surface area contributed by atoms with E-state index in [0.717, 1.165) is 17.2 Å². The molecule has 0 radical (unpaired) electrons. The molecular weight excluding hydrogens is 210 g/mol. The molecule has 2 heterocycles. The lowest BCUT2D eigenvalue weighted by Crippen LogP contribution is -2.03. The Morgan fingerprint density at radius 2 is 2.40 bits per heavy atom. The van der Waals surface area contributed by atoms with Crippen LogP contribution in [0.3, 0.4) is 0 Å². The number of ketones is 1. The molecule has 0 saturated heterocycles. The van der Waals surface area contributed by atoms with E-state index in [1.807, 2.05) is 13.8 Å². The van der Waals surface area contributed by atoms with E-state index < -0.39 is 0 Å². The number of nitrogens with zero attached hydrogens (tertiary/aromatic N) is 1. The molecule has 0 saturated carbocycles. The molecule has 0 aliphatic carbocycles. The molecule has 4 heteroatoms. The molecule has 78 valence electrons. The molecule has 0 fully saturated rings. The lowest BCUT2D eigenvalue weighted by Gasteiger charge is -1.95. The number of thiazole rings is 1. The van der Waals surface area contributed by atoms with Crippen LogP contribution in [0.4, 0.5) is 0 Å². The van der Waals surface area contributed by atoms with Crippen LogP contribution in [-0.2, 0) is 6.42 Å². The van der Waals surface area contributed by atoms with Crippen LogP contribution < -0.4 is 0 Å². The van der Waals surface area contributed by atoms with E-state index in [2.05, 4.69) is 4.98 Å². The minimum Gasteiger partial charge on any atom is -0.469 e. The van der Waals surface area contributed by atoms with E-state index in [9.17, 15) is 4.79 Å². The second kappa shape index (κ2) is 3.98. The summed E-state index contributed by atoms with van der Waals surface area (Å²) in [6.07, 6.45) is 2.27. The van der Waals surface area contributed by atoms with Gasteiger partial charge in [0.05, 0.1) is 16.8 Å². The van der Waals surface area contributed by atoms with Crippen molar-refractivity contribution >= 4 is 17.1 Å². The van der Waals surface area contributed by atoms with Crippen molar-refractivity contribution in [2.24, 2.45) is 0 Å². The van der Waals surface area contributed by atoms with Crippen molar-refractivity contribution in [3.05, 3.63) is 39.7 Å². The summed E-state index contributed by atoms with van der Waals surface area (Å²) in [5.74, 6) is 0.676. The van der Waals surface area contributed by atoms with Crippen LogP contribution in [0.5, 0.6) is 0 Å². The highest BCUT2D eigenvalue weighted by atomic mass is 32.1. The van der Waals surface area contributed by atoms with Gasteiger partial charge in [-0.1, -0.05) is 6.92 Å². The molecule has 0 N–H and O–H groups in total. The van der Waals surface area contributed by atoms with Gasteiger partial charge in [0, 0.05) is 11.8 Å². The lowest BCUT2D eigenvalue weighted by atomic mass is 10.1. The molecule has 0 amide bonds. The van der Waals surface area contributed by atoms with Crippen molar-refractivity contribution in [1.29, 1.82) is 0 Å².